The lowest BCUT2D eigenvalue weighted by molar-refractivity contribution is -0.384. The molecule has 92 valence electrons. The van der Waals surface area contributed by atoms with E-state index < -0.39 is 4.92 Å². The zero-order chi connectivity index (χ0) is 13.0. The van der Waals surface area contributed by atoms with Crippen LogP contribution in [0.2, 0.25) is 0 Å². The first-order chi connectivity index (χ1) is 8.65. The van der Waals surface area contributed by atoms with Gasteiger partial charge >= 0.3 is 0 Å². The third-order valence-corrected chi connectivity index (χ3v) is 2.16. The SMILES string of the molecule is O=[N+]([O-])c1cccc(NC(=S)Nn2cnnc2)c1. The molecule has 0 saturated heterocycles. The number of nitrogens with zero attached hydrogens (tertiary/aromatic N) is 4. The second-order valence-corrected chi connectivity index (χ2v) is 3.65. The second kappa shape index (κ2) is 5.19. The van der Waals surface area contributed by atoms with Crippen LogP contribution in [0.4, 0.5) is 11.4 Å². The third-order valence-electron chi connectivity index (χ3n) is 1.96. The summed E-state index contributed by atoms with van der Waals surface area (Å²) >= 11 is 5.02. The first-order valence-corrected chi connectivity index (χ1v) is 5.23. The summed E-state index contributed by atoms with van der Waals surface area (Å²) in [5.74, 6) is 0. The van der Waals surface area contributed by atoms with Gasteiger partial charge in [-0.3, -0.25) is 15.5 Å². The molecule has 0 amide bonds. The van der Waals surface area contributed by atoms with Crippen LogP contribution in [-0.2, 0) is 0 Å². The van der Waals surface area contributed by atoms with Crippen molar-refractivity contribution in [2.24, 2.45) is 0 Å². The van der Waals surface area contributed by atoms with Crippen molar-refractivity contribution >= 4 is 28.7 Å². The predicted octanol–water partition coefficient (Wildman–Crippen LogP) is 1.13. The summed E-state index contributed by atoms with van der Waals surface area (Å²) in [6, 6.07) is 6.04. The Hall–Kier alpha value is -2.55. The van der Waals surface area contributed by atoms with Gasteiger partial charge in [0.25, 0.3) is 5.69 Å². The van der Waals surface area contributed by atoms with E-state index in [1.807, 2.05) is 0 Å². The van der Waals surface area contributed by atoms with E-state index in [4.69, 9.17) is 12.2 Å². The molecule has 0 aliphatic rings. The molecule has 2 rings (SSSR count). The highest BCUT2D eigenvalue weighted by Gasteiger charge is 2.06. The highest BCUT2D eigenvalue weighted by molar-refractivity contribution is 7.80. The van der Waals surface area contributed by atoms with Gasteiger partial charge in [-0.05, 0) is 18.3 Å². The molecule has 0 aliphatic heterocycles. The van der Waals surface area contributed by atoms with Gasteiger partial charge in [-0.1, -0.05) is 6.07 Å². The molecule has 2 aromatic rings. The molecule has 2 N–H and O–H groups in total. The number of anilines is 1. The summed E-state index contributed by atoms with van der Waals surface area (Å²) in [7, 11) is 0. The number of thiocarbonyl (C=S) groups is 1. The Labute approximate surface area is 107 Å². The number of hydrogen-bond donors (Lipinski definition) is 2. The van der Waals surface area contributed by atoms with E-state index in [9.17, 15) is 10.1 Å². The number of non-ortho nitro benzene ring substituents is 1. The number of nitrogens with one attached hydrogen (secondary N) is 2. The quantitative estimate of drug-likeness (QED) is 0.487. The van der Waals surface area contributed by atoms with E-state index in [1.54, 1.807) is 12.1 Å². The predicted molar refractivity (Wildman–Crippen MR) is 68.7 cm³/mol. The van der Waals surface area contributed by atoms with Gasteiger partial charge < -0.3 is 5.32 Å². The maximum Gasteiger partial charge on any atom is 0.271 e. The van der Waals surface area contributed by atoms with Crippen LogP contribution >= 0.6 is 12.2 Å². The number of hydrogen-bond acceptors (Lipinski definition) is 5. The minimum atomic E-state index is -0.471. The maximum atomic E-state index is 10.6. The highest BCUT2D eigenvalue weighted by Crippen LogP contribution is 2.16. The molecule has 0 atom stereocenters. The van der Waals surface area contributed by atoms with Gasteiger partial charge in [0.05, 0.1) is 4.92 Å². The van der Waals surface area contributed by atoms with E-state index in [2.05, 4.69) is 20.9 Å². The van der Waals surface area contributed by atoms with Crippen molar-refractivity contribution < 1.29 is 4.92 Å². The summed E-state index contributed by atoms with van der Waals surface area (Å²) in [4.78, 5) is 10.1. The molecule has 0 bridgehead atoms. The second-order valence-electron chi connectivity index (χ2n) is 3.24. The van der Waals surface area contributed by atoms with Gasteiger partial charge in [0.1, 0.15) is 12.7 Å². The average Bonchev–Trinajstić information content (AvgIpc) is 2.82. The Kier molecular flexibility index (Phi) is 3.44. The number of benzene rings is 1. The van der Waals surface area contributed by atoms with Gasteiger partial charge in [-0.25, -0.2) is 4.68 Å². The Morgan fingerprint density at radius 2 is 2.11 bits per heavy atom. The lowest BCUT2D eigenvalue weighted by atomic mass is 10.3. The molecule has 0 aliphatic carbocycles. The Balaban J connectivity index is 2.03. The monoisotopic (exact) mass is 264 g/mol. The molecule has 18 heavy (non-hydrogen) atoms. The van der Waals surface area contributed by atoms with Crippen molar-refractivity contribution in [1.82, 2.24) is 14.9 Å². The van der Waals surface area contributed by atoms with Crippen LogP contribution in [0.5, 0.6) is 0 Å². The summed E-state index contributed by atoms with van der Waals surface area (Å²) < 4.78 is 1.45. The van der Waals surface area contributed by atoms with Crippen molar-refractivity contribution in [1.29, 1.82) is 0 Å². The lowest BCUT2D eigenvalue weighted by Gasteiger charge is -2.09. The van der Waals surface area contributed by atoms with Crippen LogP contribution in [0.15, 0.2) is 36.9 Å². The molecule has 0 radical (unpaired) electrons. The molecular formula is C9H8N6O2S. The van der Waals surface area contributed by atoms with Crippen LogP contribution in [-0.4, -0.2) is 24.9 Å². The fourth-order valence-electron chi connectivity index (χ4n) is 1.23. The summed E-state index contributed by atoms with van der Waals surface area (Å²) in [6.45, 7) is 0. The Morgan fingerprint density at radius 3 is 2.78 bits per heavy atom. The van der Waals surface area contributed by atoms with Gasteiger partial charge in [-0.15, -0.1) is 10.2 Å². The van der Waals surface area contributed by atoms with Crippen molar-refractivity contribution in [2.75, 3.05) is 10.7 Å². The first kappa shape index (κ1) is 11.9. The number of nitro benzene ring substituents is 1. The Bertz CT molecular complexity index is 570. The van der Waals surface area contributed by atoms with Crippen LogP contribution < -0.4 is 10.7 Å². The van der Waals surface area contributed by atoms with E-state index >= 15 is 0 Å². The van der Waals surface area contributed by atoms with E-state index in [0.717, 1.165) is 0 Å². The Morgan fingerprint density at radius 1 is 1.39 bits per heavy atom. The lowest BCUT2D eigenvalue weighted by Crippen LogP contribution is -2.26. The van der Waals surface area contributed by atoms with Crippen molar-refractivity contribution in [3.63, 3.8) is 0 Å². The number of aromatic nitrogens is 3. The summed E-state index contributed by atoms with van der Waals surface area (Å²) in [5.41, 5.74) is 3.28. The standard InChI is InChI=1S/C9H8N6O2S/c16-15(17)8-3-1-2-7(4-8)12-9(18)13-14-5-10-11-6-14/h1-6H,(H2,12,13,18). The number of nitro groups is 1. The number of rotatable bonds is 3. The first-order valence-electron chi connectivity index (χ1n) is 4.82. The highest BCUT2D eigenvalue weighted by atomic mass is 32.1. The molecule has 0 spiro atoms. The molecule has 1 aromatic carbocycles. The van der Waals surface area contributed by atoms with Gasteiger partial charge in [0.15, 0.2) is 5.11 Å². The van der Waals surface area contributed by atoms with Gasteiger partial charge in [0.2, 0.25) is 0 Å². The van der Waals surface area contributed by atoms with Crippen LogP contribution in [0, 0.1) is 10.1 Å². The normalized spacial score (nSPS) is 9.78. The van der Waals surface area contributed by atoms with Gasteiger partial charge in [0, 0.05) is 17.8 Å². The van der Waals surface area contributed by atoms with Crippen LogP contribution in [0.1, 0.15) is 0 Å². The van der Waals surface area contributed by atoms with Crippen molar-refractivity contribution in [2.45, 2.75) is 0 Å². The molecule has 1 aromatic heterocycles. The fraction of sp³-hybridized carbons (Fsp3) is 0. The molecule has 1 heterocycles. The van der Waals surface area contributed by atoms with Gasteiger partial charge in [-0.2, -0.15) is 0 Å². The topological polar surface area (TPSA) is 97.9 Å². The molecule has 0 unspecified atom stereocenters. The largest absolute Gasteiger partial charge is 0.331 e. The summed E-state index contributed by atoms with van der Waals surface area (Å²) in [5, 5.41) is 20.9. The van der Waals surface area contributed by atoms with E-state index in [-0.39, 0.29) is 10.8 Å². The van der Waals surface area contributed by atoms with Crippen molar-refractivity contribution in [3.05, 3.63) is 47.0 Å². The average molecular weight is 264 g/mol. The minimum absolute atomic E-state index is 0.00732. The third kappa shape index (κ3) is 2.98. The zero-order valence-electron chi connectivity index (χ0n) is 8.98. The van der Waals surface area contributed by atoms with E-state index in [1.165, 1.54) is 29.5 Å². The maximum absolute atomic E-state index is 10.6. The molecular weight excluding hydrogens is 256 g/mol. The zero-order valence-corrected chi connectivity index (χ0v) is 9.79. The fourth-order valence-corrected chi connectivity index (χ4v) is 1.46. The smallest absolute Gasteiger partial charge is 0.271 e. The van der Waals surface area contributed by atoms with Crippen LogP contribution in [0.3, 0.4) is 0 Å². The molecule has 8 nitrogen and oxygen atoms in total. The minimum Gasteiger partial charge on any atom is -0.331 e. The summed E-state index contributed by atoms with van der Waals surface area (Å²) in [6.07, 6.45) is 2.86. The van der Waals surface area contributed by atoms with Crippen molar-refractivity contribution in [3.8, 4) is 0 Å². The van der Waals surface area contributed by atoms with Crippen LogP contribution in [0.25, 0.3) is 0 Å². The van der Waals surface area contributed by atoms with E-state index in [0.29, 0.717) is 5.69 Å². The molecule has 0 saturated carbocycles. The molecule has 9 heteroatoms. The molecule has 0 fully saturated rings.